The summed E-state index contributed by atoms with van der Waals surface area (Å²) in [4.78, 5) is 11.8. The number of aromatic hydroxyl groups is 1. The van der Waals surface area contributed by atoms with Crippen LogP contribution in [0.25, 0.3) is 0 Å². The molecule has 0 aliphatic heterocycles. The maximum absolute atomic E-state index is 12.4. The Morgan fingerprint density at radius 1 is 1.05 bits per heavy atom. The van der Waals surface area contributed by atoms with Gasteiger partial charge < -0.3 is 15.7 Å². The van der Waals surface area contributed by atoms with Gasteiger partial charge in [-0.2, -0.15) is 13.2 Å². The molecule has 22 heavy (non-hydrogen) atoms. The number of rotatable bonds is 2. The van der Waals surface area contributed by atoms with Gasteiger partial charge >= 0.3 is 12.2 Å². The van der Waals surface area contributed by atoms with Gasteiger partial charge in [-0.25, -0.2) is 4.79 Å². The highest BCUT2D eigenvalue weighted by Crippen LogP contribution is 2.29. The van der Waals surface area contributed by atoms with Crippen molar-refractivity contribution in [3.63, 3.8) is 0 Å². The third-order valence-electron chi connectivity index (χ3n) is 2.93. The molecular formula is C15H13F3N2O2. The summed E-state index contributed by atoms with van der Waals surface area (Å²) in [5.74, 6) is 0.0752. The molecule has 0 saturated heterocycles. The molecule has 2 aromatic rings. The van der Waals surface area contributed by atoms with Crippen molar-refractivity contribution in [2.24, 2.45) is 0 Å². The lowest BCUT2D eigenvalue weighted by Gasteiger charge is -2.11. The highest BCUT2D eigenvalue weighted by atomic mass is 19.4. The zero-order valence-corrected chi connectivity index (χ0v) is 11.5. The van der Waals surface area contributed by atoms with E-state index in [1.165, 1.54) is 30.3 Å². The standard InChI is InChI=1S/C15H13F3N2O2/c1-9-8-12(21)6-7-13(9)20-14(22)19-11-4-2-10(3-5-11)15(16,17)18/h2-8,21H,1H3,(H2,19,20,22). The minimum Gasteiger partial charge on any atom is -0.508 e. The molecule has 2 rings (SSSR count). The number of carbonyl (C=O) groups excluding carboxylic acids is 1. The maximum Gasteiger partial charge on any atom is 0.416 e. The van der Waals surface area contributed by atoms with Crippen molar-refractivity contribution in [1.82, 2.24) is 0 Å². The van der Waals surface area contributed by atoms with E-state index in [4.69, 9.17) is 0 Å². The Bertz CT molecular complexity index is 682. The number of benzene rings is 2. The molecule has 0 aliphatic carbocycles. The van der Waals surface area contributed by atoms with E-state index in [0.717, 1.165) is 12.1 Å². The van der Waals surface area contributed by atoms with E-state index in [0.29, 0.717) is 11.3 Å². The van der Waals surface area contributed by atoms with Crippen LogP contribution >= 0.6 is 0 Å². The highest BCUT2D eigenvalue weighted by molar-refractivity contribution is 6.00. The summed E-state index contributed by atoms with van der Waals surface area (Å²) in [7, 11) is 0. The van der Waals surface area contributed by atoms with Crippen LogP contribution < -0.4 is 10.6 Å². The minimum absolute atomic E-state index is 0.0752. The molecule has 2 amide bonds. The summed E-state index contributed by atoms with van der Waals surface area (Å²) < 4.78 is 37.3. The lowest BCUT2D eigenvalue weighted by molar-refractivity contribution is -0.137. The number of phenols is 1. The van der Waals surface area contributed by atoms with Crippen molar-refractivity contribution in [3.8, 4) is 5.75 Å². The van der Waals surface area contributed by atoms with Gasteiger partial charge in [0.05, 0.1) is 5.56 Å². The van der Waals surface area contributed by atoms with Crippen molar-refractivity contribution in [3.05, 3.63) is 53.6 Å². The van der Waals surface area contributed by atoms with E-state index in [1.807, 2.05) is 0 Å². The molecular weight excluding hydrogens is 297 g/mol. The largest absolute Gasteiger partial charge is 0.508 e. The van der Waals surface area contributed by atoms with E-state index < -0.39 is 17.8 Å². The van der Waals surface area contributed by atoms with Crippen LogP contribution in [0.1, 0.15) is 11.1 Å². The molecule has 4 nitrogen and oxygen atoms in total. The molecule has 0 atom stereocenters. The first-order chi connectivity index (χ1) is 10.3. The Morgan fingerprint density at radius 3 is 2.23 bits per heavy atom. The summed E-state index contributed by atoms with van der Waals surface area (Å²) in [5.41, 5.74) is 0.597. The summed E-state index contributed by atoms with van der Waals surface area (Å²) in [6.45, 7) is 1.70. The molecule has 0 bridgehead atoms. The van der Waals surface area contributed by atoms with Crippen molar-refractivity contribution in [2.45, 2.75) is 13.1 Å². The number of anilines is 2. The average Bonchev–Trinajstić information content (AvgIpc) is 2.41. The lowest BCUT2D eigenvalue weighted by Crippen LogP contribution is -2.20. The fourth-order valence-corrected chi connectivity index (χ4v) is 1.82. The second kappa shape index (κ2) is 5.97. The quantitative estimate of drug-likeness (QED) is 0.722. The molecule has 0 saturated carbocycles. The van der Waals surface area contributed by atoms with Crippen LogP contribution in [0.4, 0.5) is 29.3 Å². The number of alkyl halides is 3. The Balaban J connectivity index is 2.03. The van der Waals surface area contributed by atoms with Crippen LogP contribution in [0.5, 0.6) is 5.75 Å². The summed E-state index contributed by atoms with van der Waals surface area (Å²) >= 11 is 0. The van der Waals surface area contributed by atoms with Gasteiger partial charge in [0.25, 0.3) is 0 Å². The Labute approximate surface area is 124 Å². The monoisotopic (exact) mass is 310 g/mol. The van der Waals surface area contributed by atoms with Gasteiger partial charge in [0, 0.05) is 11.4 Å². The van der Waals surface area contributed by atoms with Crippen molar-refractivity contribution >= 4 is 17.4 Å². The van der Waals surface area contributed by atoms with Gasteiger partial charge in [-0.1, -0.05) is 0 Å². The van der Waals surface area contributed by atoms with Gasteiger partial charge in [0.1, 0.15) is 5.75 Å². The zero-order chi connectivity index (χ0) is 16.3. The Morgan fingerprint density at radius 2 is 1.68 bits per heavy atom. The number of aryl methyl sites for hydroxylation is 1. The van der Waals surface area contributed by atoms with Crippen LogP contribution in [0.2, 0.25) is 0 Å². The lowest BCUT2D eigenvalue weighted by atomic mass is 10.2. The van der Waals surface area contributed by atoms with Crippen LogP contribution in [-0.4, -0.2) is 11.1 Å². The van der Waals surface area contributed by atoms with Crippen LogP contribution in [0, 0.1) is 6.92 Å². The molecule has 2 aromatic carbocycles. The normalized spacial score (nSPS) is 11.1. The molecule has 0 heterocycles. The van der Waals surface area contributed by atoms with Crippen molar-refractivity contribution in [2.75, 3.05) is 10.6 Å². The maximum atomic E-state index is 12.4. The first kappa shape index (κ1) is 15.7. The third kappa shape index (κ3) is 3.91. The average molecular weight is 310 g/mol. The molecule has 3 N–H and O–H groups in total. The topological polar surface area (TPSA) is 61.4 Å². The van der Waals surface area contributed by atoms with E-state index in [-0.39, 0.29) is 11.4 Å². The molecule has 0 aromatic heterocycles. The van der Waals surface area contributed by atoms with Crippen LogP contribution in [0.15, 0.2) is 42.5 Å². The number of carbonyl (C=O) groups is 1. The Kier molecular flexibility index (Phi) is 4.25. The van der Waals surface area contributed by atoms with E-state index in [2.05, 4.69) is 10.6 Å². The smallest absolute Gasteiger partial charge is 0.416 e. The predicted octanol–water partition coefficient (Wildman–Crippen LogP) is 4.36. The van der Waals surface area contributed by atoms with Crippen molar-refractivity contribution in [1.29, 1.82) is 0 Å². The Hall–Kier alpha value is -2.70. The second-order valence-electron chi connectivity index (χ2n) is 4.65. The van der Waals surface area contributed by atoms with E-state index >= 15 is 0 Å². The number of hydrogen-bond donors (Lipinski definition) is 3. The molecule has 0 spiro atoms. The van der Waals surface area contributed by atoms with Crippen molar-refractivity contribution < 1.29 is 23.1 Å². The van der Waals surface area contributed by atoms with E-state index in [1.54, 1.807) is 6.92 Å². The third-order valence-corrected chi connectivity index (χ3v) is 2.93. The fraction of sp³-hybridized carbons (Fsp3) is 0.133. The summed E-state index contributed by atoms with van der Waals surface area (Å²) in [6, 6.07) is 7.96. The van der Waals surface area contributed by atoms with Gasteiger partial charge in [-0.3, -0.25) is 0 Å². The highest BCUT2D eigenvalue weighted by Gasteiger charge is 2.29. The molecule has 7 heteroatoms. The number of phenolic OH excluding ortho intramolecular Hbond substituents is 1. The number of hydrogen-bond acceptors (Lipinski definition) is 2. The molecule has 0 radical (unpaired) electrons. The first-order valence-electron chi connectivity index (χ1n) is 6.30. The predicted molar refractivity (Wildman–Crippen MR) is 76.9 cm³/mol. The minimum atomic E-state index is -4.41. The van der Waals surface area contributed by atoms with Gasteiger partial charge in [0.2, 0.25) is 0 Å². The first-order valence-corrected chi connectivity index (χ1v) is 6.30. The number of nitrogens with one attached hydrogen (secondary N) is 2. The van der Waals surface area contributed by atoms with Gasteiger partial charge in [-0.15, -0.1) is 0 Å². The van der Waals surface area contributed by atoms with E-state index in [9.17, 15) is 23.1 Å². The number of amides is 2. The van der Waals surface area contributed by atoms with Gasteiger partial charge in [-0.05, 0) is 55.0 Å². The number of urea groups is 1. The zero-order valence-electron chi connectivity index (χ0n) is 11.5. The summed E-state index contributed by atoms with van der Waals surface area (Å²) in [5, 5.41) is 14.3. The molecule has 116 valence electrons. The summed E-state index contributed by atoms with van der Waals surface area (Å²) in [6.07, 6.45) is -4.41. The van der Waals surface area contributed by atoms with Crippen LogP contribution in [0.3, 0.4) is 0 Å². The fourth-order valence-electron chi connectivity index (χ4n) is 1.82. The molecule has 0 unspecified atom stereocenters. The molecule has 0 aliphatic rings. The molecule has 0 fully saturated rings. The number of halogens is 3. The second-order valence-corrected chi connectivity index (χ2v) is 4.65. The van der Waals surface area contributed by atoms with Gasteiger partial charge in [0.15, 0.2) is 0 Å². The SMILES string of the molecule is Cc1cc(O)ccc1NC(=O)Nc1ccc(C(F)(F)F)cc1. The van der Waals surface area contributed by atoms with Crippen LogP contribution in [-0.2, 0) is 6.18 Å².